The summed E-state index contributed by atoms with van der Waals surface area (Å²) in [7, 11) is 0. The molecule has 0 spiro atoms. The van der Waals surface area contributed by atoms with Gasteiger partial charge in [0.1, 0.15) is 4.88 Å². The van der Waals surface area contributed by atoms with Gasteiger partial charge in [-0.25, -0.2) is 0 Å². The van der Waals surface area contributed by atoms with E-state index in [4.69, 9.17) is 10.5 Å². The Bertz CT molecular complexity index is 665. The lowest BCUT2D eigenvalue weighted by molar-refractivity contribution is 0.0870. The first-order valence-electron chi connectivity index (χ1n) is 6.78. The van der Waals surface area contributed by atoms with E-state index in [0.717, 1.165) is 22.1 Å². The van der Waals surface area contributed by atoms with Crippen LogP contribution in [-0.2, 0) is 4.74 Å². The van der Waals surface area contributed by atoms with E-state index in [2.05, 4.69) is 5.32 Å². The molecular formula is C15H18N2O2S. The van der Waals surface area contributed by atoms with Crippen molar-refractivity contribution < 1.29 is 9.53 Å². The van der Waals surface area contributed by atoms with Gasteiger partial charge in [0, 0.05) is 16.7 Å². The fraction of sp³-hybridized carbons (Fsp3) is 0.400. The summed E-state index contributed by atoms with van der Waals surface area (Å²) in [5, 5.41) is 4.00. The molecule has 0 radical (unpaired) electrons. The molecule has 4 nitrogen and oxygen atoms in total. The minimum Gasteiger partial charge on any atom is -0.397 e. The Hall–Kier alpha value is -1.59. The van der Waals surface area contributed by atoms with Gasteiger partial charge in [-0.2, -0.15) is 0 Å². The molecule has 20 heavy (non-hydrogen) atoms. The monoisotopic (exact) mass is 290 g/mol. The highest BCUT2D eigenvalue weighted by molar-refractivity contribution is 7.21. The Balaban J connectivity index is 1.92. The third-order valence-corrected chi connectivity index (χ3v) is 5.21. The van der Waals surface area contributed by atoms with Crippen LogP contribution in [0.15, 0.2) is 18.2 Å². The fourth-order valence-corrected chi connectivity index (χ4v) is 3.70. The Morgan fingerprint density at radius 3 is 2.95 bits per heavy atom. The van der Waals surface area contributed by atoms with Crippen LogP contribution < -0.4 is 11.1 Å². The van der Waals surface area contributed by atoms with Gasteiger partial charge in [-0.1, -0.05) is 18.2 Å². The largest absolute Gasteiger partial charge is 0.397 e. The molecule has 1 saturated heterocycles. The molecule has 1 aliphatic rings. The van der Waals surface area contributed by atoms with Gasteiger partial charge in [-0.05, 0) is 25.8 Å². The predicted octanol–water partition coefficient (Wildman–Crippen LogP) is 2.70. The number of fused-ring (bicyclic) bond motifs is 1. The molecule has 2 aromatic rings. The fourth-order valence-electron chi connectivity index (χ4n) is 2.60. The second-order valence-corrected chi connectivity index (χ2v) is 6.26. The minimum atomic E-state index is -0.0922. The number of anilines is 1. The highest BCUT2D eigenvalue weighted by Gasteiger charge is 2.27. The molecule has 5 heteroatoms. The Kier molecular flexibility index (Phi) is 3.40. The predicted molar refractivity (Wildman–Crippen MR) is 82.3 cm³/mol. The van der Waals surface area contributed by atoms with Crippen molar-refractivity contribution in [2.45, 2.75) is 32.4 Å². The van der Waals surface area contributed by atoms with Gasteiger partial charge < -0.3 is 15.8 Å². The van der Waals surface area contributed by atoms with Crippen molar-refractivity contribution in [3.05, 3.63) is 28.6 Å². The number of nitrogens with one attached hydrogen (secondary N) is 1. The standard InChI is InChI=1S/C15H18N2O2S/c1-8-4-3-5-10-12(16)14(20-13(8)10)15(18)17-11-6-7-19-9(11)2/h3-5,9,11H,6-7,16H2,1-2H3,(H,17,18). The highest BCUT2D eigenvalue weighted by atomic mass is 32.1. The summed E-state index contributed by atoms with van der Waals surface area (Å²) in [5.41, 5.74) is 7.87. The SMILES string of the molecule is Cc1cccc2c(N)c(C(=O)NC3CCOC3C)sc12. The van der Waals surface area contributed by atoms with Crippen LogP contribution in [0.1, 0.15) is 28.6 Å². The van der Waals surface area contributed by atoms with Crippen LogP contribution in [0.2, 0.25) is 0 Å². The molecule has 0 saturated carbocycles. The summed E-state index contributed by atoms with van der Waals surface area (Å²) in [6.45, 7) is 4.72. The van der Waals surface area contributed by atoms with Crippen LogP contribution in [0.25, 0.3) is 10.1 Å². The maximum absolute atomic E-state index is 12.4. The number of benzene rings is 1. The van der Waals surface area contributed by atoms with E-state index in [9.17, 15) is 4.79 Å². The topological polar surface area (TPSA) is 64.4 Å². The van der Waals surface area contributed by atoms with Crippen LogP contribution in [0.3, 0.4) is 0 Å². The molecule has 0 aliphatic carbocycles. The van der Waals surface area contributed by atoms with Crippen LogP contribution in [0.5, 0.6) is 0 Å². The molecular weight excluding hydrogens is 272 g/mol. The minimum absolute atomic E-state index is 0.0660. The first kappa shape index (κ1) is 13.4. The van der Waals surface area contributed by atoms with Gasteiger partial charge in [0.2, 0.25) is 0 Å². The number of carbonyl (C=O) groups excluding carboxylic acids is 1. The summed E-state index contributed by atoms with van der Waals surface area (Å²) in [5.74, 6) is -0.0922. The average Bonchev–Trinajstić information content (AvgIpc) is 2.96. The second-order valence-electron chi connectivity index (χ2n) is 5.24. The van der Waals surface area contributed by atoms with E-state index in [1.54, 1.807) is 0 Å². The third-order valence-electron chi connectivity index (χ3n) is 3.85. The molecule has 2 unspecified atom stereocenters. The number of rotatable bonds is 2. The zero-order valence-electron chi connectivity index (χ0n) is 11.6. The molecule has 1 fully saturated rings. The summed E-state index contributed by atoms with van der Waals surface area (Å²) in [6.07, 6.45) is 0.924. The summed E-state index contributed by atoms with van der Waals surface area (Å²) >= 11 is 1.47. The van der Waals surface area contributed by atoms with E-state index in [1.807, 2.05) is 32.0 Å². The molecule has 2 heterocycles. The molecule has 106 valence electrons. The van der Waals surface area contributed by atoms with Crippen molar-refractivity contribution in [1.82, 2.24) is 5.32 Å². The van der Waals surface area contributed by atoms with E-state index >= 15 is 0 Å². The Morgan fingerprint density at radius 2 is 2.30 bits per heavy atom. The number of amides is 1. The molecule has 1 amide bonds. The van der Waals surface area contributed by atoms with E-state index in [1.165, 1.54) is 11.3 Å². The van der Waals surface area contributed by atoms with Gasteiger partial charge in [0.15, 0.2) is 0 Å². The third kappa shape index (κ3) is 2.17. The van der Waals surface area contributed by atoms with Gasteiger partial charge >= 0.3 is 0 Å². The number of carbonyl (C=O) groups is 1. The van der Waals surface area contributed by atoms with Crippen LogP contribution in [-0.4, -0.2) is 24.7 Å². The number of thiophene rings is 1. The zero-order chi connectivity index (χ0) is 14.3. The smallest absolute Gasteiger partial charge is 0.263 e. The maximum atomic E-state index is 12.4. The molecule has 3 rings (SSSR count). The Morgan fingerprint density at radius 1 is 1.50 bits per heavy atom. The van der Waals surface area contributed by atoms with Crippen molar-refractivity contribution in [1.29, 1.82) is 0 Å². The molecule has 3 N–H and O–H groups in total. The summed E-state index contributed by atoms with van der Waals surface area (Å²) in [6, 6.07) is 6.04. The zero-order valence-corrected chi connectivity index (χ0v) is 12.4. The number of hydrogen-bond donors (Lipinski definition) is 2. The van der Waals surface area contributed by atoms with Gasteiger partial charge in [0.25, 0.3) is 5.91 Å². The number of aryl methyl sites for hydroxylation is 1. The van der Waals surface area contributed by atoms with Gasteiger partial charge in [0.05, 0.1) is 17.8 Å². The number of hydrogen-bond acceptors (Lipinski definition) is 4. The molecule has 1 aromatic heterocycles. The van der Waals surface area contributed by atoms with Crippen LogP contribution in [0, 0.1) is 6.92 Å². The van der Waals surface area contributed by atoms with E-state index in [0.29, 0.717) is 17.2 Å². The van der Waals surface area contributed by atoms with E-state index < -0.39 is 0 Å². The van der Waals surface area contributed by atoms with Crippen molar-refractivity contribution in [2.75, 3.05) is 12.3 Å². The second kappa shape index (κ2) is 5.07. The molecule has 0 bridgehead atoms. The first-order chi connectivity index (χ1) is 9.58. The lowest BCUT2D eigenvalue weighted by Crippen LogP contribution is -2.39. The van der Waals surface area contributed by atoms with Gasteiger partial charge in [-0.3, -0.25) is 4.79 Å². The number of nitrogens with two attached hydrogens (primary N) is 1. The summed E-state index contributed by atoms with van der Waals surface area (Å²) < 4.78 is 6.56. The maximum Gasteiger partial charge on any atom is 0.263 e. The average molecular weight is 290 g/mol. The normalized spacial score (nSPS) is 22.3. The number of nitrogen functional groups attached to an aromatic ring is 1. The van der Waals surface area contributed by atoms with Crippen LogP contribution >= 0.6 is 11.3 Å². The van der Waals surface area contributed by atoms with E-state index in [-0.39, 0.29) is 18.1 Å². The van der Waals surface area contributed by atoms with Gasteiger partial charge in [-0.15, -0.1) is 11.3 Å². The lowest BCUT2D eigenvalue weighted by atomic mass is 10.1. The molecule has 1 aromatic carbocycles. The van der Waals surface area contributed by atoms with Crippen molar-refractivity contribution in [3.8, 4) is 0 Å². The van der Waals surface area contributed by atoms with Crippen molar-refractivity contribution >= 4 is 33.0 Å². The first-order valence-corrected chi connectivity index (χ1v) is 7.59. The lowest BCUT2D eigenvalue weighted by Gasteiger charge is -2.15. The highest BCUT2D eigenvalue weighted by Crippen LogP contribution is 2.35. The van der Waals surface area contributed by atoms with Crippen LogP contribution in [0.4, 0.5) is 5.69 Å². The number of ether oxygens (including phenoxy) is 1. The molecule has 2 atom stereocenters. The van der Waals surface area contributed by atoms with Crippen molar-refractivity contribution in [3.63, 3.8) is 0 Å². The summed E-state index contributed by atoms with van der Waals surface area (Å²) in [4.78, 5) is 13.0. The molecule has 1 aliphatic heterocycles. The Labute approximate surface area is 121 Å². The quantitative estimate of drug-likeness (QED) is 0.894. The van der Waals surface area contributed by atoms with Crippen molar-refractivity contribution in [2.24, 2.45) is 0 Å².